The topological polar surface area (TPSA) is 0 Å². The Morgan fingerprint density at radius 2 is 1.04 bits per heavy atom. The van der Waals surface area contributed by atoms with Crippen molar-refractivity contribution in [3.8, 4) is 0 Å². The summed E-state index contributed by atoms with van der Waals surface area (Å²) in [4.78, 5) is 0. The van der Waals surface area contributed by atoms with Crippen LogP contribution in [0.25, 0.3) is 0 Å². The van der Waals surface area contributed by atoms with Crippen molar-refractivity contribution in [3.05, 3.63) is 0 Å². The Morgan fingerprint density at radius 3 is 1.46 bits per heavy atom. The molecule has 0 spiro atoms. The van der Waals surface area contributed by atoms with Crippen LogP contribution in [0.2, 0.25) is 24.2 Å². The monoisotopic (exact) mass is 358 g/mol. The second-order valence-electron chi connectivity index (χ2n) is 11.8. The molecule has 0 amide bonds. The van der Waals surface area contributed by atoms with Crippen LogP contribution in [0.5, 0.6) is 0 Å². The summed E-state index contributed by atoms with van der Waals surface area (Å²) in [5.74, 6) is 6.73. The maximum Gasteiger partial charge on any atom is 1.00 e. The number of rotatable bonds is 0. The summed E-state index contributed by atoms with van der Waals surface area (Å²) in [6.07, 6.45) is 15.8. The summed E-state index contributed by atoms with van der Waals surface area (Å²) in [6, 6.07) is 0. The molecule has 3 heteroatoms. The third-order valence-electron chi connectivity index (χ3n) is 10.5. The van der Waals surface area contributed by atoms with Gasteiger partial charge in [-0.2, -0.15) is 0 Å². The molecule has 5 fully saturated rings. The van der Waals surface area contributed by atoms with Gasteiger partial charge in [0.1, 0.15) is 0 Å². The van der Waals surface area contributed by atoms with Gasteiger partial charge in [0.15, 0.2) is 0 Å². The summed E-state index contributed by atoms with van der Waals surface area (Å²) in [7, 11) is -1.16. The Labute approximate surface area is 188 Å². The van der Waals surface area contributed by atoms with Gasteiger partial charge in [-0.3, -0.25) is 0 Å². The Kier molecular flexibility index (Phi) is 6.45. The van der Waals surface area contributed by atoms with Gasteiger partial charge >= 0.3 is 37.7 Å². The van der Waals surface area contributed by atoms with E-state index >= 15 is 0 Å². The fourth-order valence-electron chi connectivity index (χ4n) is 9.72. The summed E-state index contributed by atoms with van der Waals surface area (Å²) >= 11 is 0. The van der Waals surface area contributed by atoms with Crippen LogP contribution in [0.15, 0.2) is 0 Å². The normalized spacial score (nSPS) is 50.3. The molecule has 4 aliphatic carbocycles. The molecule has 26 heavy (non-hydrogen) atoms. The maximum atomic E-state index is 2.88. The van der Waals surface area contributed by atoms with Gasteiger partial charge in [0.05, 0.1) is 8.07 Å². The molecule has 5 rings (SSSR count). The zero-order valence-electron chi connectivity index (χ0n) is 18.7. The first-order chi connectivity index (χ1) is 11.4. The van der Waals surface area contributed by atoms with Crippen molar-refractivity contribution < 1.29 is 37.7 Å². The van der Waals surface area contributed by atoms with Crippen molar-refractivity contribution in [3.63, 3.8) is 0 Å². The molecule has 0 aromatic rings. The van der Waals surface area contributed by atoms with Crippen LogP contribution in [0.4, 0.5) is 0 Å². The van der Waals surface area contributed by atoms with Crippen LogP contribution in [0.1, 0.15) is 78.1 Å². The molecule has 0 aromatic heterocycles. The molecule has 8 atom stereocenters. The van der Waals surface area contributed by atoms with Gasteiger partial charge < -0.3 is 0 Å². The first-order valence-corrected chi connectivity index (χ1v) is 14.6. The van der Waals surface area contributed by atoms with E-state index < -0.39 is 8.07 Å². The molecule has 0 nitrogen and oxygen atoms in total. The minimum Gasteiger partial charge on any atom is -0.0689 e. The van der Waals surface area contributed by atoms with E-state index in [1.165, 1.54) is 11.1 Å². The van der Waals surface area contributed by atoms with Crippen molar-refractivity contribution in [2.24, 2.45) is 40.9 Å². The summed E-state index contributed by atoms with van der Waals surface area (Å²) < 4.78 is 0. The van der Waals surface area contributed by atoms with E-state index in [9.17, 15) is 0 Å². The molecule has 1 aliphatic heterocycles. The molecule has 0 radical (unpaired) electrons. The van der Waals surface area contributed by atoms with E-state index in [2.05, 4.69) is 26.9 Å². The largest absolute Gasteiger partial charge is 1.00 e. The van der Waals surface area contributed by atoms with E-state index in [1.807, 2.05) is 0 Å². The molecule has 136 valence electrons. The summed E-state index contributed by atoms with van der Waals surface area (Å²) in [6.45, 7) is 11.2. The zero-order valence-corrected chi connectivity index (χ0v) is 19.7. The Balaban J connectivity index is 0.000000980. The fourth-order valence-corrected chi connectivity index (χ4v) is 16.5. The van der Waals surface area contributed by atoms with Crippen LogP contribution in [0, 0.1) is 40.9 Å². The average Bonchev–Trinajstić information content (AvgIpc) is 3.14. The van der Waals surface area contributed by atoms with Gasteiger partial charge in [0.25, 0.3) is 0 Å². The van der Waals surface area contributed by atoms with Crippen LogP contribution < -0.4 is 37.7 Å². The first-order valence-electron chi connectivity index (χ1n) is 11.4. The molecule has 0 aromatic carbocycles. The molecular formula is C23H40Li2Si+2. The predicted molar refractivity (Wildman–Crippen MR) is 106 cm³/mol. The number of hydrogen-bond donors (Lipinski definition) is 0. The number of fused-ring (bicyclic) bond motifs is 6. The van der Waals surface area contributed by atoms with E-state index in [0.29, 0.717) is 5.41 Å². The summed E-state index contributed by atoms with van der Waals surface area (Å²) in [5, 5.41) is 0. The molecule has 0 bridgehead atoms. The van der Waals surface area contributed by atoms with Crippen molar-refractivity contribution in [1.29, 1.82) is 0 Å². The van der Waals surface area contributed by atoms with E-state index in [0.717, 1.165) is 35.5 Å². The Bertz CT molecular complexity index is 474. The minimum atomic E-state index is -1.16. The second-order valence-corrected chi connectivity index (χ2v) is 16.8. The maximum absolute atomic E-state index is 2.88. The van der Waals surface area contributed by atoms with Crippen molar-refractivity contribution in [2.75, 3.05) is 0 Å². The quantitative estimate of drug-likeness (QED) is 0.570. The molecule has 8 unspecified atom stereocenters. The molecule has 5 aliphatic rings. The van der Waals surface area contributed by atoms with Crippen molar-refractivity contribution in [2.45, 2.75) is 102 Å². The van der Waals surface area contributed by atoms with Crippen molar-refractivity contribution in [1.82, 2.24) is 0 Å². The van der Waals surface area contributed by atoms with Crippen LogP contribution in [-0.4, -0.2) is 8.07 Å². The Hall–Kier alpha value is 1.41. The third-order valence-corrected chi connectivity index (χ3v) is 15.6. The fraction of sp³-hybridized carbons (Fsp3) is 1.00. The van der Waals surface area contributed by atoms with Gasteiger partial charge in [-0.1, -0.05) is 78.3 Å². The Morgan fingerprint density at radius 1 is 0.654 bits per heavy atom. The van der Waals surface area contributed by atoms with Gasteiger partial charge in [-0.15, -0.1) is 0 Å². The smallest absolute Gasteiger partial charge is 0.0689 e. The van der Waals surface area contributed by atoms with Crippen LogP contribution in [0.3, 0.4) is 0 Å². The zero-order chi connectivity index (χ0) is 16.7. The molecule has 4 saturated carbocycles. The predicted octanol–water partition coefficient (Wildman–Crippen LogP) is 1.14. The first kappa shape index (κ1) is 22.1. The SMILES string of the molecule is CC1(C)C2CC3CCCCC3C2[Si](C)(C)C2C3CCCCC3CC21.[Li+].[Li+]. The average molecular weight is 359 g/mol. The molecule has 1 heterocycles. The molecule has 0 N–H and O–H groups in total. The van der Waals surface area contributed by atoms with E-state index in [-0.39, 0.29) is 37.7 Å². The van der Waals surface area contributed by atoms with Gasteiger partial charge in [0.2, 0.25) is 0 Å². The van der Waals surface area contributed by atoms with Gasteiger partial charge in [-0.25, -0.2) is 0 Å². The molecular weight excluding hydrogens is 318 g/mol. The van der Waals surface area contributed by atoms with Crippen LogP contribution in [-0.2, 0) is 0 Å². The summed E-state index contributed by atoms with van der Waals surface area (Å²) in [5.41, 5.74) is 3.01. The van der Waals surface area contributed by atoms with E-state index in [1.54, 1.807) is 64.2 Å². The molecule has 1 saturated heterocycles. The van der Waals surface area contributed by atoms with Crippen molar-refractivity contribution >= 4 is 8.07 Å². The van der Waals surface area contributed by atoms with E-state index in [4.69, 9.17) is 0 Å². The van der Waals surface area contributed by atoms with Gasteiger partial charge in [-0.05, 0) is 64.8 Å². The second kappa shape index (κ2) is 7.59. The van der Waals surface area contributed by atoms with Gasteiger partial charge in [0, 0.05) is 0 Å². The number of hydrogen-bond acceptors (Lipinski definition) is 0. The minimum absolute atomic E-state index is 0. The third kappa shape index (κ3) is 2.97. The standard InChI is InChI=1S/C23H40Si.2Li/c1-23(2)19-13-15-9-5-7-11-17(15)21(19)24(3,4)22-18-12-8-6-10-16(18)14-20(22)23;;/h15-22H,5-14H2,1-4H3;;/q;2*+1. The van der Waals surface area contributed by atoms with Crippen LogP contribution >= 0.6 is 0 Å².